The zero-order chi connectivity index (χ0) is 23.7. The molecule has 3 rings (SSSR count). The van der Waals surface area contributed by atoms with Crippen LogP contribution in [0, 0.1) is 18.3 Å². The lowest BCUT2D eigenvalue weighted by Crippen LogP contribution is -2.42. The largest absolute Gasteiger partial charge is 0.495 e. The summed E-state index contributed by atoms with van der Waals surface area (Å²) in [6, 6.07) is 10.0. The minimum absolute atomic E-state index is 0.00488. The van der Waals surface area contributed by atoms with Gasteiger partial charge in [0.1, 0.15) is 23.0 Å². The van der Waals surface area contributed by atoms with Gasteiger partial charge in [-0.05, 0) is 62.9 Å². The topological polar surface area (TPSA) is 84.9 Å². The molecule has 0 fully saturated rings. The number of hydrogen-bond acceptors (Lipinski definition) is 5. The first-order valence-corrected chi connectivity index (χ1v) is 12.2. The average molecular weight is 461 g/mol. The number of nitrogens with zero attached hydrogens (tertiary/aromatic N) is 1. The first-order valence-electron chi connectivity index (χ1n) is 10.7. The van der Waals surface area contributed by atoms with Crippen LogP contribution in [0.3, 0.4) is 0 Å². The van der Waals surface area contributed by atoms with Gasteiger partial charge in [-0.15, -0.1) is 0 Å². The number of rotatable bonds is 7. The fourth-order valence-corrected chi connectivity index (χ4v) is 4.83. The van der Waals surface area contributed by atoms with Crippen molar-refractivity contribution in [1.82, 2.24) is 0 Å². The Balaban J connectivity index is 1.97. The van der Waals surface area contributed by atoms with E-state index >= 15 is 0 Å². The summed E-state index contributed by atoms with van der Waals surface area (Å²) in [5.41, 5.74) is 1.11. The van der Waals surface area contributed by atoms with Gasteiger partial charge in [0.05, 0.1) is 23.9 Å². The number of hydrogen-bond donors (Lipinski definition) is 1. The Morgan fingerprint density at radius 2 is 1.91 bits per heavy atom. The lowest BCUT2D eigenvalue weighted by Gasteiger charge is -2.28. The van der Waals surface area contributed by atoms with Crippen LogP contribution in [-0.2, 0) is 14.8 Å². The number of amides is 1. The van der Waals surface area contributed by atoms with Crippen LogP contribution in [0.4, 0.5) is 11.4 Å². The van der Waals surface area contributed by atoms with Gasteiger partial charge in [-0.1, -0.05) is 19.9 Å². The second-order valence-electron chi connectivity index (χ2n) is 9.25. The Kier molecular flexibility index (Phi) is 6.74. The highest BCUT2D eigenvalue weighted by atomic mass is 32.2. The van der Waals surface area contributed by atoms with Gasteiger partial charge >= 0.3 is 0 Å². The summed E-state index contributed by atoms with van der Waals surface area (Å²) in [5.74, 6) is 1.18. The van der Waals surface area contributed by atoms with Crippen molar-refractivity contribution in [1.29, 1.82) is 0 Å². The van der Waals surface area contributed by atoms with Crippen molar-refractivity contribution in [3.05, 3.63) is 42.0 Å². The molecule has 1 N–H and O–H groups in total. The van der Waals surface area contributed by atoms with Crippen LogP contribution in [0.1, 0.15) is 39.7 Å². The minimum atomic E-state index is -3.89. The molecule has 1 amide bonds. The molecule has 2 aromatic rings. The van der Waals surface area contributed by atoms with Crippen molar-refractivity contribution in [2.45, 2.75) is 45.9 Å². The third-order valence-electron chi connectivity index (χ3n) is 5.45. The van der Waals surface area contributed by atoms with Gasteiger partial charge in [0, 0.05) is 12.6 Å². The molecule has 0 atom stereocenters. The van der Waals surface area contributed by atoms with Crippen LogP contribution in [0.15, 0.2) is 41.3 Å². The predicted octanol–water partition coefficient (Wildman–Crippen LogP) is 4.60. The summed E-state index contributed by atoms with van der Waals surface area (Å²) in [5, 5.41) is 0. The number of carbonyl (C=O) groups excluding carboxylic acids is 1. The summed E-state index contributed by atoms with van der Waals surface area (Å²) in [6.45, 7) is 10.5. The van der Waals surface area contributed by atoms with E-state index < -0.39 is 15.4 Å². The van der Waals surface area contributed by atoms with Crippen LogP contribution < -0.4 is 19.1 Å². The molecule has 0 spiro atoms. The lowest BCUT2D eigenvalue weighted by atomic mass is 9.92. The minimum Gasteiger partial charge on any atom is -0.495 e. The molecule has 2 aromatic carbocycles. The average Bonchev–Trinajstić information content (AvgIpc) is 2.81. The molecule has 1 aliphatic rings. The Morgan fingerprint density at radius 3 is 2.56 bits per heavy atom. The Labute approximate surface area is 190 Å². The van der Waals surface area contributed by atoms with Crippen LogP contribution in [0.2, 0.25) is 0 Å². The molecule has 0 aromatic heterocycles. The van der Waals surface area contributed by atoms with E-state index in [2.05, 4.69) is 18.6 Å². The molecular formula is C24H32N2O5S. The third-order valence-corrected chi connectivity index (χ3v) is 6.86. The van der Waals surface area contributed by atoms with E-state index in [1.54, 1.807) is 41.3 Å². The number of fused-ring (bicyclic) bond motifs is 1. The number of nitrogens with one attached hydrogen (secondary N) is 1. The first-order chi connectivity index (χ1) is 14.9. The van der Waals surface area contributed by atoms with Gasteiger partial charge in [-0.2, -0.15) is 0 Å². The number of carbonyl (C=O) groups is 1. The van der Waals surface area contributed by atoms with E-state index in [9.17, 15) is 13.2 Å². The van der Waals surface area contributed by atoms with E-state index in [-0.39, 0.29) is 23.2 Å². The summed E-state index contributed by atoms with van der Waals surface area (Å²) < 4.78 is 40.0. The second kappa shape index (κ2) is 9.02. The summed E-state index contributed by atoms with van der Waals surface area (Å²) in [4.78, 5) is 15.0. The van der Waals surface area contributed by atoms with Gasteiger partial charge in [-0.3, -0.25) is 9.52 Å². The fraction of sp³-hybridized carbons (Fsp3) is 0.458. The SMILES string of the molecule is COc1ccc(C)cc1S(=O)(=O)Nc1ccc2c(c1)OCC(C)(C)C(=O)N2CCC(C)C. The van der Waals surface area contributed by atoms with Crippen LogP contribution >= 0.6 is 0 Å². The Morgan fingerprint density at radius 1 is 1.19 bits per heavy atom. The van der Waals surface area contributed by atoms with E-state index in [1.807, 2.05) is 20.8 Å². The Bertz CT molecular complexity index is 1110. The number of ether oxygens (including phenoxy) is 2. The van der Waals surface area contributed by atoms with Gasteiger partial charge in [0.2, 0.25) is 5.91 Å². The highest BCUT2D eigenvalue weighted by molar-refractivity contribution is 7.92. The van der Waals surface area contributed by atoms with Gasteiger partial charge in [0.15, 0.2) is 0 Å². The molecule has 174 valence electrons. The van der Waals surface area contributed by atoms with Crippen LogP contribution in [0.5, 0.6) is 11.5 Å². The molecule has 1 aliphatic heterocycles. The molecule has 0 aliphatic carbocycles. The molecule has 1 heterocycles. The smallest absolute Gasteiger partial charge is 0.265 e. The third kappa shape index (κ3) is 5.01. The molecule has 0 saturated carbocycles. The molecule has 0 saturated heterocycles. The van der Waals surface area contributed by atoms with E-state index in [1.165, 1.54) is 7.11 Å². The number of sulfonamides is 1. The number of aryl methyl sites for hydroxylation is 1. The molecule has 32 heavy (non-hydrogen) atoms. The molecule has 7 nitrogen and oxygen atoms in total. The Hall–Kier alpha value is -2.74. The van der Waals surface area contributed by atoms with E-state index in [0.717, 1.165) is 12.0 Å². The standard InChI is InChI=1S/C24H32N2O5S/c1-16(2)11-12-26-19-9-8-18(14-21(19)31-15-24(4,5)23(26)27)25-32(28,29)22-13-17(3)7-10-20(22)30-6/h7-10,13-14,16,25H,11-12,15H2,1-6H3. The normalized spacial score (nSPS) is 15.7. The van der Waals surface area contributed by atoms with Crippen molar-refractivity contribution in [2.24, 2.45) is 11.3 Å². The maximum Gasteiger partial charge on any atom is 0.265 e. The monoisotopic (exact) mass is 460 g/mol. The second-order valence-corrected chi connectivity index (χ2v) is 10.9. The predicted molar refractivity (Wildman–Crippen MR) is 126 cm³/mol. The first kappa shape index (κ1) is 23.9. The van der Waals surface area contributed by atoms with Crippen molar-refractivity contribution in [3.63, 3.8) is 0 Å². The van der Waals surface area contributed by atoms with Crippen LogP contribution in [-0.4, -0.2) is 34.6 Å². The van der Waals surface area contributed by atoms with Gasteiger partial charge in [0.25, 0.3) is 10.0 Å². The molecule has 8 heteroatoms. The van der Waals surface area contributed by atoms with E-state index in [0.29, 0.717) is 29.6 Å². The highest BCUT2D eigenvalue weighted by Gasteiger charge is 2.37. The number of benzene rings is 2. The molecular weight excluding hydrogens is 428 g/mol. The summed E-state index contributed by atoms with van der Waals surface area (Å²) in [7, 11) is -2.46. The molecule has 0 radical (unpaired) electrons. The molecule has 0 unspecified atom stereocenters. The maximum absolute atomic E-state index is 13.2. The molecule has 0 bridgehead atoms. The fourth-order valence-electron chi connectivity index (χ4n) is 3.52. The van der Waals surface area contributed by atoms with E-state index in [4.69, 9.17) is 9.47 Å². The lowest BCUT2D eigenvalue weighted by molar-refractivity contribution is -0.127. The zero-order valence-corrected chi connectivity index (χ0v) is 20.4. The van der Waals surface area contributed by atoms with Crippen LogP contribution in [0.25, 0.3) is 0 Å². The summed E-state index contributed by atoms with van der Waals surface area (Å²) >= 11 is 0. The highest BCUT2D eigenvalue weighted by Crippen LogP contribution is 2.39. The quantitative estimate of drug-likeness (QED) is 0.653. The van der Waals surface area contributed by atoms with Crippen molar-refractivity contribution < 1.29 is 22.7 Å². The van der Waals surface area contributed by atoms with Crippen molar-refractivity contribution >= 4 is 27.3 Å². The van der Waals surface area contributed by atoms with Gasteiger partial charge < -0.3 is 14.4 Å². The summed E-state index contributed by atoms with van der Waals surface area (Å²) in [6.07, 6.45) is 0.850. The maximum atomic E-state index is 13.2. The van der Waals surface area contributed by atoms with Crippen molar-refractivity contribution in [3.8, 4) is 11.5 Å². The number of methoxy groups -OCH3 is 1. The van der Waals surface area contributed by atoms with Gasteiger partial charge in [-0.25, -0.2) is 8.42 Å². The number of anilines is 2. The zero-order valence-electron chi connectivity index (χ0n) is 19.6. The van der Waals surface area contributed by atoms with Crippen molar-refractivity contribution in [2.75, 3.05) is 29.9 Å².